The lowest BCUT2D eigenvalue weighted by atomic mass is 10.1. The number of carbonyl (C=O) groups is 2. The minimum Gasteiger partial charge on any atom is -0.493 e. The summed E-state index contributed by atoms with van der Waals surface area (Å²) in [6.45, 7) is 0.0988. The molecule has 2 aromatic carbocycles. The monoisotopic (exact) mass is 456 g/mol. The third-order valence-electron chi connectivity index (χ3n) is 4.29. The van der Waals surface area contributed by atoms with E-state index in [9.17, 15) is 9.59 Å². The number of ether oxygens (including phenoxy) is 3. The van der Waals surface area contributed by atoms with Gasteiger partial charge in [-0.05, 0) is 53.6 Å². The molecular weight excluding hydrogens is 436 g/mol. The molecule has 0 atom stereocenters. The highest BCUT2D eigenvalue weighted by molar-refractivity contribution is 6.30. The number of amides is 1. The number of halogens is 1. The molecule has 0 aliphatic rings. The van der Waals surface area contributed by atoms with E-state index in [1.807, 2.05) is 0 Å². The molecule has 0 aliphatic heterocycles. The number of hydrogen-bond acceptors (Lipinski definition) is 7. The Morgan fingerprint density at radius 1 is 1.06 bits per heavy atom. The first-order valence-electron chi connectivity index (χ1n) is 9.52. The van der Waals surface area contributed by atoms with Gasteiger partial charge in [-0.1, -0.05) is 23.7 Å². The number of esters is 1. The van der Waals surface area contributed by atoms with E-state index in [4.69, 9.17) is 25.5 Å². The van der Waals surface area contributed by atoms with Gasteiger partial charge in [-0.15, -0.1) is 0 Å². The Kier molecular flexibility index (Phi) is 7.88. The molecule has 1 aromatic heterocycles. The summed E-state index contributed by atoms with van der Waals surface area (Å²) in [6, 6.07) is 15.4. The SMILES string of the molecule is COC(=O)c1ccc(COc2ccc(/C=N/NC(=O)Cc3ccc(Cl)cc3)cc2OC)o1. The second kappa shape index (κ2) is 11.0. The van der Waals surface area contributed by atoms with Crippen molar-refractivity contribution in [2.24, 2.45) is 5.10 Å². The maximum atomic E-state index is 12.0. The van der Waals surface area contributed by atoms with E-state index in [1.54, 1.807) is 48.5 Å². The molecule has 0 radical (unpaired) electrons. The van der Waals surface area contributed by atoms with E-state index >= 15 is 0 Å². The maximum Gasteiger partial charge on any atom is 0.373 e. The van der Waals surface area contributed by atoms with Crippen molar-refractivity contribution >= 4 is 29.7 Å². The van der Waals surface area contributed by atoms with Crippen LogP contribution >= 0.6 is 11.6 Å². The van der Waals surface area contributed by atoms with Gasteiger partial charge in [0, 0.05) is 5.02 Å². The standard InChI is InChI=1S/C23H21ClN2O6/c1-29-21-11-16(13-25-26-22(27)12-15-3-6-17(24)7-4-15)5-9-19(21)31-14-18-8-10-20(32-18)23(28)30-2/h3-11,13H,12,14H2,1-2H3,(H,26,27)/b25-13+. The Labute approximate surface area is 189 Å². The first-order valence-corrected chi connectivity index (χ1v) is 9.90. The molecule has 1 heterocycles. The topological polar surface area (TPSA) is 99.4 Å². The Bertz CT molecular complexity index is 1110. The summed E-state index contributed by atoms with van der Waals surface area (Å²) in [4.78, 5) is 23.5. The summed E-state index contributed by atoms with van der Waals surface area (Å²) in [5.74, 6) is 0.704. The number of rotatable bonds is 9. The highest BCUT2D eigenvalue weighted by atomic mass is 35.5. The van der Waals surface area contributed by atoms with Crippen LogP contribution in [0.25, 0.3) is 0 Å². The van der Waals surface area contributed by atoms with Gasteiger partial charge in [-0.25, -0.2) is 10.2 Å². The molecule has 0 fully saturated rings. The van der Waals surface area contributed by atoms with Crippen LogP contribution in [0.2, 0.25) is 5.02 Å². The van der Waals surface area contributed by atoms with Gasteiger partial charge < -0.3 is 18.6 Å². The molecule has 3 rings (SSSR count). The number of hydrazone groups is 1. The number of furan rings is 1. The molecule has 166 valence electrons. The fraction of sp³-hybridized carbons (Fsp3) is 0.174. The summed E-state index contributed by atoms with van der Waals surface area (Å²) < 4.78 is 21.1. The third kappa shape index (κ3) is 6.36. The van der Waals surface area contributed by atoms with E-state index in [-0.39, 0.29) is 24.7 Å². The van der Waals surface area contributed by atoms with Crippen LogP contribution in [0.3, 0.4) is 0 Å². The molecule has 1 amide bonds. The predicted molar refractivity (Wildman–Crippen MR) is 118 cm³/mol. The highest BCUT2D eigenvalue weighted by Crippen LogP contribution is 2.28. The van der Waals surface area contributed by atoms with Gasteiger partial charge in [0.2, 0.25) is 11.7 Å². The van der Waals surface area contributed by atoms with Gasteiger partial charge in [-0.2, -0.15) is 5.10 Å². The zero-order chi connectivity index (χ0) is 22.9. The average molecular weight is 457 g/mol. The Morgan fingerprint density at radius 2 is 1.84 bits per heavy atom. The fourth-order valence-corrected chi connectivity index (χ4v) is 2.83. The van der Waals surface area contributed by atoms with E-state index in [0.29, 0.717) is 27.8 Å². The molecule has 3 aromatic rings. The van der Waals surface area contributed by atoms with Crippen molar-refractivity contribution in [2.75, 3.05) is 14.2 Å². The number of nitrogens with zero attached hydrogens (tertiary/aromatic N) is 1. The molecule has 0 spiro atoms. The van der Waals surface area contributed by atoms with Crippen molar-refractivity contribution in [3.8, 4) is 11.5 Å². The lowest BCUT2D eigenvalue weighted by molar-refractivity contribution is -0.120. The smallest absolute Gasteiger partial charge is 0.373 e. The van der Waals surface area contributed by atoms with Gasteiger partial charge in [0.05, 0.1) is 26.9 Å². The second-order valence-corrected chi connectivity index (χ2v) is 6.99. The second-order valence-electron chi connectivity index (χ2n) is 6.55. The molecule has 8 nitrogen and oxygen atoms in total. The quantitative estimate of drug-likeness (QED) is 0.297. The molecule has 0 saturated carbocycles. The molecule has 9 heteroatoms. The van der Waals surface area contributed by atoms with Gasteiger partial charge in [0.15, 0.2) is 11.5 Å². The minimum atomic E-state index is -0.558. The fourth-order valence-electron chi connectivity index (χ4n) is 2.70. The van der Waals surface area contributed by atoms with Crippen LogP contribution in [0.1, 0.15) is 27.4 Å². The number of hydrogen-bond donors (Lipinski definition) is 1. The minimum absolute atomic E-state index is 0.0988. The lowest BCUT2D eigenvalue weighted by Gasteiger charge is -2.10. The Morgan fingerprint density at radius 3 is 2.56 bits per heavy atom. The zero-order valence-corrected chi connectivity index (χ0v) is 18.2. The predicted octanol–water partition coefficient (Wildman–Crippen LogP) is 4.00. The van der Waals surface area contributed by atoms with Crippen LogP contribution in [0.4, 0.5) is 0 Å². The van der Waals surface area contributed by atoms with E-state index < -0.39 is 5.97 Å². The van der Waals surface area contributed by atoms with Crippen LogP contribution in [0, 0.1) is 0 Å². The summed E-state index contributed by atoms with van der Waals surface area (Å²) >= 11 is 5.84. The van der Waals surface area contributed by atoms with Crippen LogP contribution in [-0.2, 0) is 22.6 Å². The van der Waals surface area contributed by atoms with Gasteiger partial charge in [-0.3, -0.25) is 4.79 Å². The summed E-state index contributed by atoms with van der Waals surface area (Å²) in [6.07, 6.45) is 1.69. The van der Waals surface area contributed by atoms with Crippen LogP contribution in [0.5, 0.6) is 11.5 Å². The van der Waals surface area contributed by atoms with E-state index in [0.717, 1.165) is 5.56 Å². The largest absolute Gasteiger partial charge is 0.493 e. The van der Waals surface area contributed by atoms with Crippen molar-refractivity contribution in [3.63, 3.8) is 0 Å². The number of carbonyl (C=O) groups excluding carboxylic acids is 2. The average Bonchev–Trinajstić information content (AvgIpc) is 3.28. The lowest BCUT2D eigenvalue weighted by Crippen LogP contribution is -2.19. The first kappa shape index (κ1) is 22.9. The number of nitrogens with one attached hydrogen (secondary N) is 1. The summed E-state index contributed by atoms with van der Waals surface area (Å²) in [5, 5.41) is 4.59. The molecule has 1 N–H and O–H groups in total. The number of benzene rings is 2. The molecule has 0 saturated heterocycles. The van der Waals surface area contributed by atoms with Gasteiger partial charge in [0.1, 0.15) is 12.4 Å². The third-order valence-corrected chi connectivity index (χ3v) is 4.54. The Hall–Kier alpha value is -3.78. The van der Waals surface area contributed by atoms with E-state index in [2.05, 4.69) is 15.3 Å². The summed E-state index contributed by atoms with van der Waals surface area (Å²) in [7, 11) is 2.79. The zero-order valence-electron chi connectivity index (χ0n) is 17.5. The van der Waals surface area contributed by atoms with Crippen molar-refractivity contribution in [2.45, 2.75) is 13.0 Å². The molecule has 32 heavy (non-hydrogen) atoms. The highest BCUT2D eigenvalue weighted by Gasteiger charge is 2.12. The molecule has 0 bridgehead atoms. The summed E-state index contributed by atoms with van der Waals surface area (Å²) in [5.41, 5.74) is 4.02. The van der Waals surface area contributed by atoms with Gasteiger partial charge >= 0.3 is 5.97 Å². The molecular formula is C23H21ClN2O6. The van der Waals surface area contributed by atoms with Crippen molar-refractivity contribution < 1.29 is 28.2 Å². The molecule has 0 unspecified atom stereocenters. The maximum absolute atomic E-state index is 12.0. The van der Waals surface area contributed by atoms with Crippen LogP contribution in [0.15, 0.2) is 64.1 Å². The normalized spacial score (nSPS) is 10.7. The first-order chi connectivity index (χ1) is 15.5. The Balaban J connectivity index is 1.55. The number of methoxy groups -OCH3 is 2. The molecule has 0 aliphatic carbocycles. The van der Waals surface area contributed by atoms with Crippen molar-refractivity contribution in [1.82, 2.24) is 5.43 Å². The van der Waals surface area contributed by atoms with Gasteiger partial charge in [0.25, 0.3) is 0 Å². The van der Waals surface area contributed by atoms with Crippen molar-refractivity contribution in [3.05, 3.63) is 82.3 Å². The van der Waals surface area contributed by atoms with Crippen LogP contribution < -0.4 is 14.9 Å². The van der Waals surface area contributed by atoms with E-state index in [1.165, 1.54) is 26.5 Å². The van der Waals surface area contributed by atoms with Crippen LogP contribution in [-0.4, -0.2) is 32.3 Å². The van der Waals surface area contributed by atoms with Crippen molar-refractivity contribution in [1.29, 1.82) is 0 Å².